The Kier molecular flexibility index (Phi) is 5.53. The molecule has 5 heteroatoms. The summed E-state index contributed by atoms with van der Waals surface area (Å²) < 4.78 is 11.3. The third-order valence-electron chi connectivity index (χ3n) is 4.51. The molecule has 0 aliphatic carbocycles. The van der Waals surface area contributed by atoms with Crippen LogP contribution < -0.4 is 5.32 Å². The van der Waals surface area contributed by atoms with Crippen LogP contribution in [0.4, 0.5) is 5.69 Å². The number of hydrogen-bond donors (Lipinski definition) is 1. The molecular weight excluding hydrogens is 320 g/mol. The highest BCUT2D eigenvalue weighted by atomic mass is 32.1. The van der Waals surface area contributed by atoms with Crippen molar-refractivity contribution in [3.63, 3.8) is 0 Å². The molecule has 2 aromatic rings. The van der Waals surface area contributed by atoms with Gasteiger partial charge in [0.15, 0.2) is 5.11 Å². The quantitative estimate of drug-likeness (QED) is 0.820. The molecule has 1 aliphatic heterocycles. The van der Waals surface area contributed by atoms with Gasteiger partial charge in [-0.1, -0.05) is 12.1 Å². The van der Waals surface area contributed by atoms with Crippen LogP contribution in [0.1, 0.15) is 29.7 Å². The Bertz CT molecular complexity index is 679. The Labute approximate surface area is 148 Å². The first kappa shape index (κ1) is 17.0. The smallest absolute Gasteiger partial charge is 0.173 e. The van der Waals surface area contributed by atoms with Gasteiger partial charge in [0.25, 0.3) is 0 Å². The summed E-state index contributed by atoms with van der Waals surface area (Å²) in [7, 11) is 0. The van der Waals surface area contributed by atoms with E-state index in [1.54, 1.807) is 6.26 Å². The molecule has 0 radical (unpaired) electrons. The van der Waals surface area contributed by atoms with Crippen molar-refractivity contribution in [3.8, 4) is 0 Å². The van der Waals surface area contributed by atoms with E-state index < -0.39 is 0 Å². The molecular formula is C19H24N2O2S. The summed E-state index contributed by atoms with van der Waals surface area (Å²) in [6.07, 6.45) is 4.14. The van der Waals surface area contributed by atoms with E-state index in [9.17, 15) is 0 Å². The van der Waals surface area contributed by atoms with E-state index in [4.69, 9.17) is 21.4 Å². The zero-order valence-electron chi connectivity index (χ0n) is 14.2. The maximum absolute atomic E-state index is 5.79. The SMILES string of the molecule is Cc1cccc(NC(=S)N(Cc2ccco2)CC2CCCO2)c1C. The standard InChI is InChI=1S/C19H24N2O2S/c1-14-6-3-9-18(15(14)2)20-19(24)21(12-16-7-4-10-22-16)13-17-8-5-11-23-17/h3-4,6-7,9-10,17H,5,8,11-13H2,1-2H3,(H,20,24). The number of rotatable bonds is 5. The summed E-state index contributed by atoms with van der Waals surface area (Å²) in [5.41, 5.74) is 3.52. The molecule has 4 nitrogen and oxygen atoms in total. The van der Waals surface area contributed by atoms with Crippen molar-refractivity contribution in [2.45, 2.75) is 39.3 Å². The van der Waals surface area contributed by atoms with Gasteiger partial charge in [0, 0.05) is 18.8 Å². The predicted molar refractivity (Wildman–Crippen MR) is 100 cm³/mol. The molecule has 1 saturated heterocycles. The van der Waals surface area contributed by atoms with Crippen LogP contribution in [-0.2, 0) is 11.3 Å². The molecule has 1 aliphatic rings. The molecule has 1 fully saturated rings. The van der Waals surface area contributed by atoms with Crippen molar-refractivity contribution < 1.29 is 9.15 Å². The van der Waals surface area contributed by atoms with Crippen LogP contribution >= 0.6 is 12.2 Å². The fourth-order valence-electron chi connectivity index (χ4n) is 2.92. The van der Waals surface area contributed by atoms with E-state index in [0.29, 0.717) is 11.7 Å². The number of ether oxygens (including phenoxy) is 1. The molecule has 0 saturated carbocycles. The molecule has 2 heterocycles. The number of thiocarbonyl (C=S) groups is 1. The third-order valence-corrected chi connectivity index (χ3v) is 4.87. The molecule has 3 rings (SSSR count). The summed E-state index contributed by atoms with van der Waals surface area (Å²) in [6.45, 7) is 6.48. The van der Waals surface area contributed by atoms with Gasteiger partial charge in [-0.25, -0.2) is 0 Å². The number of nitrogens with zero attached hydrogens (tertiary/aromatic N) is 1. The highest BCUT2D eigenvalue weighted by Crippen LogP contribution is 2.20. The molecule has 1 aromatic carbocycles. The number of anilines is 1. The topological polar surface area (TPSA) is 37.6 Å². The zero-order valence-corrected chi connectivity index (χ0v) is 15.1. The van der Waals surface area contributed by atoms with Crippen LogP contribution in [0.25, 0.3) is 0 Å². The van der Waals surface area contributed by atoms with E-state index in [2.05, 4.69) is 36.2 Å². The molecule has 1 unspecified atom stereocenters. The van der Waals surface area contributed by atoms with Gasteiger partial charge in [-0.2, -0.15) is 0 Å². The molecule has 24 heavy (non-hydrogen) atoms. The summed E-state index contributed by atoms with van der Waals surface area (Å²) in [5, 5.41) is 4.10. The number of nitrogens with one attached hydrogen (secondary N) is 1. The van der Waals surface area contributed by atoms with Gasteiger partial charge in [0.05, 0.1) is 18.9 Å². The van der Waals surface area contributed by atoms with Crippen LogP contribution in [0, 0.1) is 13.8 Å². The fraction of sp³-hybridized carbons (Fsp3) is 0.421. The van der Waals surface area contributed by atoms with Crippen molar-refractivity contribution in [3.05, 3.63) is 53.5 Å². The zero-order chi connectivity index (χ0) is 16.9. The summed E-state index contributed by atoms with van der Waals surface area (Å²) in [5.74, 6) is 0.901. The van der Waals surface area contributed by atoms with Gasteiger partial charge in [0.2, 0.25) is 0 Å². The monoisotopic (exact) mass is 344 g/mol. The van der Waals surface area contributed by atoms with Crippen LogP contribution in [-0.4, -0.2) is 29.3 Å². The van der Waals surface area contributed by atoms with Gasteiger partial charge in [-0.3, -0.25) is 0 Å². The van der Waals surface area contributed by atoms with Crippen LogP contribution in [0.2, 0.25) is 0 Å². The Balaban J connectivity index is 1.72. The van der Waals surface area contributed by atoms with Crippen LogP contribution in [0.5, 0.6) is 0 Å². The van der Waals surface area contributed by atoms with Crippen LogP contribution in [0.15, 0.2) is 41.0 Å². The first-order chi connectivity index (χ1) is 11.6. The lowest BCUT2D eigenvalue weighted by Crippen LogP contribution is -2.39. The number of hydrogen-bond acceptors (Lipinski definition) is 3. The molecule has 1 aromatic heterocycles. The summed E-state index contributed by atoms with van der Waals surface area (Å²) >= 11 is 5.69. The highest BCUT2D eigenvalue weighted by Gasteiger charge is 2.22. The van der Waals surface area contributed by atoms with E-state index >= 15 is 0 Å². The van der Waals surface area contributed by atoms with Crippen molar-refractivity contribution in [2.75, 3.05) is 18.5 Å². The maximum atomic E-state index is 5.79. The van der Waals surface area contributed by atoms with Gasteiger partial charge >= 0.3 is 0 Å². The first-order valence-electron chi connectivity index (χ1n) is 8.39. The van der Waals surface area contributed by atoms with E-state index in [1.165, 1.54) is 11.1 Å². The Hall–Kier alpha value is -1.85. The first-order valence-corrected chi connectivity index (χ1v) is 8.80. The highest BCUT2D eigenvalue weighted by molar-refractivity contribution is 7.80. The molecule has 1 atom stereocenters. The lowest BCUT2D eigenvalue weighted by Gasteiger charge is -2.28. The maximum Gasteiger partial charge on any atom is 0.173 e. The largest absolute Gasteiger partial charge is 0.467 e. The third kappa shape index (κ3) is 4.16. The van der Waals surface area contributed by atoms with Crippen molar-refractivity contribution in [1.82, 2.24) is 4.90 Å². The molecule has 0 bridgehead atoms. The van der Waals surface area contributed by atoms with E-state index in [1.807, 2.05) is 18.2 Å². The lowest BCUT2D eigenvalue weighted by atomic mass is 10.1. The second kappa shape index (κ2) is 7.81. The second-order valence-electron chi connectivity index (χ2n) is 6.27. The fourth-order valence-corrected chi connectivity index (χ4v) is 3.17. The Morgan fingerprint density at radius 2 is 2.17 bits per heavy atom. The minimum Gasteiger partial charge on any atom is -0.467 e. The summed E-state index contributed by atoms with van der Waals surface area (Å²) in [6, 6.07) is 10.1. The molecule has 0 spiro atoms. The van der Waals surface area contributed by atoms with Gasteiger partial charge in [-0.05, 0) is 68.2 Å². The number of benzene rings is 1. The predicted octanol–water partition coefficient (Wildman–Crippen LogP) is 4.27. The summed E-state index contributed by atoms with van der Waals surface area (Å²) in [4.78, 5) is 2.13. The minimum atomic E-state index is 0.235. The van der Waals surface area contributed by atoms with Gasteiger partial charge in [0.1, 0.15) is 5.76 Å². The van der Waals surface area contributed by atoms with E-state index in [0.717, 1.165) is 37.4 Å². The number of aryl methyl sites for hydroxylation is 1. The van der Waals surface area contributed by atoms with Crippen molar-refractivity contribution in [2.24, 2.45) is 0 Å². The number of furan rings is 1. The Morgan fingerprint density at radius 1 is 1.29 bits per heavy atom. The molecule has 128 valence electrons. The molecule has 0 amide bonds. The van der Waals surface area contributed by atoms with Gasteiger partial charge < -0.3 is 19.4 Å². The van der Waals surface area contributed by atoms with Gasteiger partial charge in [-0.15, -0.1) is 0 Å². The van der Waals surface area contributed by atoms with E-state index in [-0.39, 0.29) is 6.10 Å². The normalized spacial score (nSPS) is 17.0. The average Bonchev–Trinajstić information content (AvgIpc) is 3.25. The molecule has 1 N–H and O–H groups in total. The average molecular weight is 344 g/mol. The lowest BCUT2D eigenvalue weighted by molar-refractivity contribution is 0.0892. The van der Waals surface area contributed by atoms with Crippen molar-refractivity contribution >= 4 is 23.0 Å². The van der Waals surface area contributed by atoms with Crippen molar-refractivity contribution in [1.29, 1.82) is 0 Å². The Morgan fingerprint density at radius 3 is 2.88 bits per heavy atom. The second-order valence-corrected chi connectivity index (χ2v) is 6.66. The van der Waals surface area contributed by atoms with Crippen LogP contribution in [0.3, 0.4) is 0 Å². The minimum absolute atomic E-state index is 0.235.